The Morgan fingerprint density at radius 1 is 1.50 bits per heavy atom. The van der Waals surface area contributed by atoms with Crippen molar-refractivity contribution in [2.75, 3.05) is 0 Å². The fourth-order valence-electron chi connectivity index (χ4n) is 1.63. The maximum Gasteiger partial charge on any atom is 0.320 e. The van der Waals surface area contributed by atoms with Crippen LogP contribution >= 0.6 is 27.5 Å². The van der Waals surface area contributed by atoms with Crippen molar-refractivity contribution in [3.05, 3.63) is 33.3 Å². The molecule has 0 aliphatic rings. The largest absolute Gasteiger partial charge is 0.480 e. The van der Waals surface area contributed by atoms with E-state index < -0.39 is 12.0 Å². The van der Waals surface area contributed by atoms with Crippen molar-refractivity contribution in [2.45, 2.75) is 32.9 Å². The van der Waals surface area contributed by atoms with Crippen molar-refractivity contribution < 1.29 is 9.90 Å². The third-order valence-corrected chi connectivity index (χ3v) is 3.77. The lowest BCUT2D eigenvalue weighted by Gasteiger charge is -2.16. The second-order valence-corrected chi connectivity index (χ2v) is 5.91. The predicted molar refractivity (Wildman–Crippen MR) is 76.9 cm³/mol. The molecule has 0 spiro atoms. The standard InChI is InChI=1S/C13H17BrClNO2/c1-8(2)5-12(13(17)18)16-7-9-3-4-10(14)11(15)6-9/h3-4,6,8,12,16H,5,7H2,1-2H3,(H,17,18)/t12-/m0/s1. The van der Waals surface area contributed by atoms with Gasteiger partial charge in [-0.2, -0.15) is 0 Å². The summed E-state index contributed by atoms with van der Waals surface area (Å²) in [5.41, 5.74) is 0.971. The van der Waals surface area contributed by atoms with Gasteiger partial charge in [-0.1, -0.05) is 31.5 Å². The Kier molecular flexibility index (Phi) is 6.12. The Morgan fingerprint density at radius 3 is 2.67 bits per heavy atom. The molecular formula is C13H17BrClNO2. The van der Waals surface area contributed by atoms with E-state index >= 15 is 0 Å². The fourth-order valence-corrected chi connectivity index (χ4v) is 2.08. The molecule has 0 unspecified atom stereocenters. The zero-order valence-electron chi connectivity index (χ0n) is 10.4. The Morgan fingerprint density at radius 2 is 2.17 bits per heavy atom. The summed E-state index contributed by atoms with van der Waals surface area (Å²) in [5, 5.41) is 12.8. The van der Waals surface area contributed by atoms with Gasteiger partial charge in [0.15, 0.2) is 0 Å². The number of aliphatic carboxylic acids is 1. The molecule has 1 rings (SSSR count). The third kappa shape index (κ3) is 4.96. The van der Waals surface area contributed by atoms with Crippen LogP contribution in [0.3, 0.4) is 0 Å². The molecule has 0 bridgehead atoms. The van der Waals surface area contributed by atoms with Crippen molar-refractivity contribution >= 4 is 33.5 Å². The SMILES string of the molecule is CC(C)C[C@H](NCc1ccc(Br)c(Cl)c1)C(=O)O. The van der Waals surface area contributed by atoms with Crippen LogP contribution in [0.4, 0.5) is 0 Å². The molecule has 1 atom stereocenters. The molecule has 100 valence electrons. The van der Waals surface area contributed by atoms with Crippen LogP contribution in [-0.4, -0.2) is 17.1 Å². The maximum absolute atomic E-state index is 11.1. The first kappa shape index (κ1) is 15.5. The van der Waals surface area contributed by atoms with Crippen LogP contribution in [0.5, 0.6) is 0 Å². The third-order valence-electron chi connectivity index (χ3n) is 2.54. The van der Waals surface area contributed by atoms with Crippen LogP contribution < -0.4 is 5.32 Å². The first-order valence-electron chi connectivity index (χ1n) is 5.80. The van der Waals surface area contributed by atoms with Gasteiger partial charge in [-0.25, -0.2) is 0 Å². The highest BCUT2D eigenvalue weighted by molar-refractivity contribution is 9.10. The summed E-state index contributed by atoms with van der Waals surface area (Å²) in [6.45, 7) is 4.51. The van der Waals surface area contributed by atoms with Crippen LogP contribution in [0, 0.1) is 5.92 Å². The lowest BCUT2D eigenvalue weighted by molar-refractivity contribution is -0.140. The summed E-state index contributed by atoms with van der Waals surface area (Å²) in [7, 11) is 0. The average molecular weight is 335 g/mol. The van der Waals surface area contributed by atoms with E-state index in [1.807, 2.05) is 32.0 Å². The highest BCUT2D eigenvalue weighted by Crippen LogP contribution is 2.23. The molecule has 0 aromatic heterocycles. The van der Waals surface area contributed by atoms with Crippen molar-refractivity contribution in [1.29, 1.82) is 0 Å². The number of nitrogens with one attached hydrogen (secondary N) is 1. The number of carbonyl (C=O) groups is 1. The first-order chi connectivity index (χ1) is 8.40. The molecule has 0 aliphatic heterocycles. The van der Waals surface area contributed by atoms with Gasteiger partial charge in [0.1, 0.15) is 6.04 Å². The number of hydrogen-bond donors (Lipinski definition) is 2. The van der Waals surface area contributed by atoms with Crippen molar-refractivity contribution in [3.8, 4) is 0 Å². The zero-order chi connectivity index (χ0) is 13.7. The van der Waals surface area contributed by atoms with Crippen molar-refractivity contribution in [3.63, 3.8) is 0 Å². The Hall–Kier alpha value is -0.580. The van der Waals surface area contributed by atoms with E-state index in [-0.39, 0.29) is 0 Å². The number of halogens is 2. The van der Waals surface area contributed by atoms with Crippen LogP contribution in [0.1, 0.15) is 25.8 Å². The minimum atomic E-state index is -0.813. The van der Waals surface area contributed by atoms with E-state index in [0.29, 0.717) is 23.9 Å². The molecule has 0 fully saturated rings. The number of hydrogen-bond acceptors (Lipinski definition) is 2. The van der Waals surface area contributed by atoms with E-state index in [1.165, 1.54) is 0 Å². The highest BCUT2D eigenvalue weighted by Gasteiger charge is 2.17. The highest BCUT2D eigenvalue weighted by atomic mass is 79.9. The predicted octanol–water partition coefficient (Wildman–Crippen LogP) is 3.69. The van der Waals surface area contributed by atoms with Crippen molar-refractivity contribution in [1.82, 2.24) is 5.32 Å². The summed E-state index contributed by atoms with van der Waals surface area (Å²) >= 11 is 9.30. The molecular weight excluding hydrogens is 318 g/mol. The minimum Gasteiger partial charge on any atom is -0.480 e. The molecule has 0 aliphatic carbocycles. The quantitative estimate of drug-likeness (QED) is 0.834. The van der Waals surface area contributed by atoms with Gasteiger partial charge in [-0.15, -0.1) is 0 Å². The van der Waals surface area contributed by atoms with Crippen molar-refractivity contribution in [2.24, 2.45) is 5.92 Å². The fraction of sp³-hybridized carbons (Fsp3) is 0.462. The molecule has 3 nitrogen and oxygen atoms in total. The molecule has 0 amide bonds. The summed E-state index contributed by atoms with van der Waals surface area (Å²) in [6, 6.07) is 5.08. The molecule has 1 aromatic carbocycles. The molecule has 1 aromatic rings. The summed E-state index contributed by atoms with van der Waals surface area (Å²) in [5.74, 6) is -0.473. The number of carboxylic acids is 1. The van der Waals surface area contributed by atoms with Crippen LogP contribution in [0.15, 0.2) is 22.7 Å². The molecule has 5 heteroatoms. The molecule has 18 heavy (non-hydrogen) atoms. The van der Waals surface area contributed by atoms with Gasteiger partial charge in [-0.05, 0) is 46.0 Å². The van der Waals surface area contributed by atoms with Gasteiger partial charge >= 0.3 is 5.97 Å². The average Bonchev–Trinajstić information content (AvgIpc) is 2.28. The molecule has 0 saturated carbocycles. The molecule has 0 radical (unpaired) electrons. The monoisotopic (exact) mass is 333 g/mol. The van der Waals surface area contributed by atoms with Crippen LogP contribution in [0.25, 0.3) is 0 Å². The lowest BCUT2D eigenvalue weighted by Crippen LogP contribution is -2.37. The topological polar surface area (TPSA) is 49.3 Å². The minimum absolute atomic E-state index is 0.340. The smallest absolute Gasteiger partial charge is 0.320 e. The Balaban J connectivity index is 2.61. The number of rotatable bonds is 6. The van der Waals surface area contributed by atoms with Gasteiger partial charge in [0, 0.05) is 11.0 Å². The maximum atomic E-state index is 11.1. The molecule has 2 N–H and O–H groups in total. The Bertz CT molecular complexity index is 423. The molecule has 0 saturated heterocycles. The summed E-state index contributed by atoms with van der Waals surface area (Å²) in [6.07, 6.45) is 0.611. The van der Waals surface area contributed by atoms with Gasteiger partial charge in [0.2, 0.25) is 0 Å². The van der Waals surface area contributed by atoms with E-state index in [9.17, 15) is 4.79 Å². The van der Waals surface area contributed by atoms with Crippen LogP contribution in [-0.2, 0) is 11.3 Å². The van der Waals surface area contributed by atoms with Gasteiger partial charge in [0.05, 0.1) is 5.02 Å². The van der Waals surface area contributed by atoms with E-state index in [2.05, 4.69) is 21.2 Å². The van der Waals surface area contributed by atoms with Gasteiger partial charge < -0.3 is 10.4 Å². The summed E-state index contributed by atoms with van der Waals surface area (Å²) < 4.78 is 0.838. The van der Waals surface area contributed by atoms with E-state index in [4.69, 9.17) is 16.7 Å². The van der Waals surface area contributed by atoms with Gasteiger partial charge in [-0.3, -0.25) is 4.79 Å². The molecule has 0 heterocycles. The Labute approximate surface area is 121 Å². The second kappa shape index (κ2) is 7.12. The lowest BCUT2D eigenvalue weighted by atomic mass is 10.0. The van der Waals surface area contributed by atoms with E-state index in [1.54, 1.807) is 0 Å². The second-order valence-electron chi connectivity index (χ2n) is 4.65. The summed E-state index contributed by atoms with van der Waals surface area (Å²) in [4.78, 5) is 11.1. The van der Waals surface area contributed by atoms with Crippen LogP contribution in [0.2, 0.25) is 5.02 Å². The number of carboxylic acid groups (broad SMARTS) is 1. The van der Waals surface area contributed by atoms with Gasteiger partial charge in [0.25, 0.3) is 0 Å². The zero-order valence-corrected chi connectivity index (χ0v) is 12.8. The first-order valence-corrected chi connectivity index (χ1v) is 6.97. The normalized spacial score (nSPS) is 12.7. The number of benzene rings is 1. The van der Waals surface area contributed by atoms with E-state index in [0.717, 1.165) is 10.0 Å².